The summed E-state index contributed by atoms with van der Waals surface area (Å²) in [6.07, 6.45) is -5.63. The maximum absolute atomic E-state index is 12.1. The number of halogens is 4. The van der Waals surface area contributed by atoms with Gasteiger partial charge in [-0.2, -0.15) is 26.7 Å². The second-order valence-electron chi connectivity index (χ2n) is 2.37. The molecule has 0 bridgehead atoms. The van der Waals surface area contributed by atoms with Crippen LogP contribution in [0.1, 0.15) is 6.42 Å². The van der Waals surface area contributed by atoms with Gasteiger partial charge >= 0.3 is 16.4 Å². The molecule has 1 rings (SSSR count). The topological polar surface area (TPSA) is 58.5 Å². The molecule has 1 aliphatic heterocycles. The highest BCUT2D eigenvalue weighted by Crippen LogP contribution is 2.26. The molecule has 0 aromatic rings. The van der Waals surface area contributed by atoms with E-state index in [0.717, 1.165) is 0 Å². The van der Waals surface area contributed by atoms with E-state index < -0.39 is 33.9 Å². The van der Waals surface area contributed by atoms with Crippen molar-refractivity contribution in [3.8, 4) is 0 Å². The fraction of sp³-hybridized carbons (Fsp3) is 0.750. The highest BCUT2D eigenvalue weighted by atomic mass is 32.3. The van der Waals surface area contributed by atoms with Crippen LogP contribution in [0.15, 0.2) is 5.10 Å². The van der Waals surface area contributed by atoms with Crippen LogP contribution >= 0.6 is 0 Å². The first kappa shape index (κ1) is 10.2. The normalized spacial score (nSPS) is 24.0. The quantitative estimate of drug-likeness (QED) is 0.478. The van der Waals surface area contributed by atoms with E-state index >= 15 is 0 Å². The number of hydrogen-bond acceptors (Lipinski definition) is 4. The Labute approximate surface area is 70.8 Å². The molecule has 0 aliphatic carbocycles. The second-order valence-corrected chi connectivity index (χ2v) is 3.72. The molecule has 0 fully saturated rings. The molecule has 1 unspecified atom stereocenters. The van der Waals surface area contributed by atoms with Crippen LogP contribution in [0, 0.1) is 0 Å². The van der Waals surface area contributed by atoms with Crippen molar-refractivity contribution in [1.29, 1.82) is 0 Å². The van der Waals surface area contributed by atoms with Gasteiger partial charge in [-0.15, -0.1) is 0 Å². The summed E-state index contributed by atoms with van der Waals surface area (Å²) in [5.74, 6) is 0. The standard InChI is InChI=1S/C4H4F4N2O2S/c5-4(6,7)2-1-3(10-9-2)13(8,11)12/h2,9H,1H2. The number of hydrogen-bond donors (Lipinski definition) is 1. The maximum Gasteiger partial charge on any atom is 0.410 e. The maximum atomic E-state index is 12.1. The zero-order valence-corrected chi connectivity index (χ0v) is 6.78. The molecule has 0 amide bonds. The Kier molecular flexibility index (Phi) is 2.22. The summed E-state index contributed by atoms with van der Waals surface area (Å²) in [5, 5.41) is 1.62. The molecule has 1 heterocycles. The average Bonchev–Trinajstić information content (AvgIpc) is 2.28. The number of nitrogens with one attached hydrogen (secondary N) is 1. The van der Waals surface area contributed by atoms with E-state index in [1.54, 1.807) is 0 Å². The van der Waals surface area contributed by atoms with Gasteiger partial charge in [0.15, 0.2) is 5.04 Å². The summed E-state index contributed by atoms with van der Waals surface area (Å²) < 4.78 is 67.9. The Morgan fingerprint density at radius 2 is 2.00 bits per heavy atom. The van der Waals surface area contributed by atoms with E-state index in [2.05, 4.69) is 5.10 Å². The van der Waals surface area contributed by atoms with E-state index in [1.165, 1.54) is 5.43 Å². The van der Waals surface area contributed by atoms with Gasteiger partial charge in [-0.25, -0.2) is 0 Å². The number of alkyl halides is 3. The Hall–Kier alpha value is -0.860. The molecule has 0 saturated carbocycles. The van der Waals surface area contributed by atoms with Crippen molar-refractivity contribution in [1.82, 2.24) is 5.43 Å². The number of hydrazone groups is 1. The van der Waals surface area contributed by atoms with Crippen LogP contribution in [0.2, 0.25) is 0 Å². The van der Waals surface area contributed by atoms with Crippen LogP contribution < -0.4 is 5.43 Å². The van der Waals surface area contributed by atoms with Gasteiger partial charge in [-0.1, -0.05) is 3.89 Å². The molecule has 76 valence electrons. The Morgan fingerprint density at radius 1 is 1.46 bits per heavy atom. The Balaban J connectivity index is 2.74. The van der Waals surface area contributed by atoms with E-state index in [1.807, 2.05) is 0 Å². The largest absolute Gasteiger partial charge is 0.410 e. The molecule has 0 aromatic carbocycles. The van der Waals surface area contributed by atoms with Crippen LogP contribution in [0.4, 0.5) is 17.1 Å². The second kappa shape index (κ2) is 2.82. The molecule has 0 radical (unpaired) electrons. The lowest BCUT2D eigenvalue weighted by Gasteiger charge is -2.12. The highest BCUT2D eigenvalue weighted by molar-refractivity contribution is 8.02. The van der Waals surface area contributed by atoms with Crippen molar-refractivity contribution in [3.05, 3.63) is 0 Å². The lowest BCUT2D eigenvalue weighted by atomic mass is 10.2. The van der Waals surface area contributed by atoms with Crippen LogP contribution in [0.3, 0.4) is 0 Å². The van der Waals surface area contributed by atoms with Crippen molar-refractivity contribution in [2.75, 3.05) is 0 Å². The minimum atomic E-state index is -5.11. The van der Waals surface area contributed by atoms with Crippen molar-refractivity contribution in [2.24, 2.45) is 5.10 Å². The van der Waals surface area contributed by atoms with Crippen LogP contribution in [-0.2, 0) is 10.2 Å². The molecule has 0 spiro atoms. The van der Waals surface area contributed by atoms with Crippen molar-refractivity contribution in [2.45, 2.75) is 18.6 Å². The van der Waals surface area contributed by atoms with Gasteiger partial charge < -0.3 is 0 Å². The molecule has 0 aromatic heterocycles. The molecular formula is C4H4F4N2O2S. The lowest BCUT2D eigenvalue weighted by Crippen LogP contribution is -2.36. The van der Waals surface area contributed by atoms with Crippen molar-refractivity contribution < 1.29 is 25.5 Å². The first-order valence-corrected chi connectivity index (χ1v) is 4.43. The molecular weight excluding hydrogens is 216 g/mol. The summed E-state index contributed by atoms with van der Waals surface area (Å²) in [6, 6.07) is -2.12. The van der Waals surface area contributed by atoms with Gasteiger partial charge in [0.05, 0.1) is 0 Å². The average molecular weight is 220 g/mol. The van der Waals surface area contributed by atoms with E-state index in [0.29, 0.717) is 0 Å². The van der Waals surface area contributed by atoms with Gasteiger partial charge in [-0.05, 0) is 0 Å². The van der Waals surface area contributed by atoms with Crippen molar-refractivity contribution >= 4 is 15.3 Å². The van der Waals surface area contributed by atoms with Gasteiger partial charge in [0.2, 0.25) is 0 Å². The summed E-state index contributed by atoms with van der Waals surface area (Å²) in [4.78, 5) is 0. The molecule has 1 atom stereocenters. The first-order valence-electron chi connectivity index (χ1n) is 3.05. The molecule has 13 heavy (non-hydrogen) atoms. The fourth-order valence-corrected chi connectivity index (χ4v) is 1.29. The van der Waals surface area contributed by atoms with Gasteiger partial charge in [0.25, 0.3) is 0 Å². The summed E-state index contributed by atoms with van der Waals surface area (Å²) in [7, 11) is -5.11. The predicted molar refractivity (Wildman–Crippen MR) is 35.1 cm³/mol. The molecule has 0 saturated heterocycles. The minimum absolute atomic E-state index is 0.998. The minimum Gasteiger partial charge on any atom is -0.296 e. The number of rotatable bonds is 0. The Morgan fingerprint density at radius 3 is 2.23 bits per heavy atom. The third kappa shape index (κ3) is 2.29. The SMILES string of the molecule is O=S(=O)(F)C1=NNC(C(F)(F)F)C1. The van der Waals surface area contributed by atoms with E-state index in [4.69, 9.17) is 0 Å². The van der Waals surface area contributed by atoms with Crippen LogP contribution in [0.25, 0.3) is 0 Å². The summed E-state index contributed by atoms with van der Waals surface area (Å²) in [5.41, 5.74) is 1.50. The smallest absolute Gasteiger partial charge is 0.296 e. The summed E-state index contributed by atoms with van der Waals surface area (Å²) in [6.45, 7) is 0. The van der Waals surface area contributed by atoms with Crippen LogP contribution in [0.5, 0.6) is 0 Å². The van der Waals surface area contributed by atoms with Crippen molar-refractivity contribution in [3.63, 3.8) is 0 Å². The van der Waals surface area contributed by atoms with Gasteiger partial charge in [0, 0.05) is 6.42 Å². The lowest BCUT2D eigenvalue weighted by molar-refractivity contribution is -0.151. The third-order valence-corrected chi connectivity index (χ3v) is 2.22. The molecule has 1 N–H and O–H groups in total. The predicted octanol–water partition coefficient (Wildman–Crippen LogP) is 0.523. The zero-order chi connectivity index (χ0) is 10.3. The zero-order valence-electron chi connectivity index (χ0n) is 5.97. The fourth-order valence-electron chi connectivity index (χ4n) is 0.759. The first-order chi connectivity index (χ1) is 5.71. The molecule has 1 aliphatic rings. The van der Waals surface area contributed by atoms with Gasteiger partial charge in [-0.3, -0.25) is 5.43 Å². The highest BCUT2D eigenvalue weighted by Gasteiger charge is 2.45. The molecule has 9 heteroatoms. The molecule has 4 nitrogen and oxygen atoms in total. The monoisotopic (exact) mass is 220 g/mol. The summed E-state index contributed by atoms with van der Waals surface area (Å²) >= 11 is 0. The van der Waals surface area contributed by atoms with E-state index in [-0.39, 0.29) is 0 Å². The van der Waals surface area contributed by atoms with Crippen LogP contribution in [-0.4, -0.2) is 25.7 Å². The van der Waals surface area contributed by atoms with E-state index in [9.17, 15) is 25.5 Å². The third-order valence-electron chi connectivity index (χ3n) is 1.40. The number of nitrogens with zero attached hydrogens (tertiary/aromatic N) is 1. The van der Waals surface area contributed by atoms with Gasteiger partial charge in [0.1, 0.15) is 6.04 Å². The Bertz CT molecular complexity index is 333.